The van der Waals surface area contributed by atoms with E-state index in [9.17, 15) is 0 Å². The van der Waals surface area contributed by atoms with E-state index >= 15 is 0 Å². The van der Waals surface area contributed by atoms with Gasteiger partial charge in [-0.15, -0.1) is 0 Å². The molecule has 0 fully saturated rings. The first-order valence-corrected chi connectivity index (χ1v) is 8.85. The van der Waals surface area contributed by atoms with Gasteiger partial charge in [0.2, 0.25) is 0 Å². The second-order valence-corrected chi connectivity index (χ2v) is 8.38. The Labute approximate surface area is 140 Å². The first-order valence-electron chi connectivity index (χ1n) is 8.85. The normalized spacial score (nSPS) is 19.5. The van der Waals surface area contributed by atoms with Crippen molar-refractivity contribution in [3.8, 4) is 0 Å². The van der Waals surface area contributed by atoms with Crippen molar-refractivity contribution in [1.29, 1.82) is 0 Å². The number of allylic oxidation sites excluding steroid dienone is 1. The van der Waals surface area contributed by atoms with E-state index in [1.54, 1.807) is 11.1 Å². The standard InChI is InChI=1S/C23H26/c1-15-11-18-13-17-7-10-21(22(17)14-19(18)12-15)16-5-8-20(9-6-16)23(2,3)4/h5-6,8-9,12-14,21H,7,10-11H2,1-4H3. The molecule has 0 heteroatoms. The van der Waals surface area contributed by atoms with Crippen LogP contribution < -0.4 is 0 Å². The molecule has 23 heavy (non-hydrogen) atoms. The van der Waals surface area contributed by atoms with Crippen LogP contribution >= 0.6 is 0 Å². The fourth-order valence-corrected chi connectivity index (χ4v) is 4.19. The maximum Gasteiger partial charge on any atom is 0.00954 e. The lowest BCUT2D eigenvalue weighted by Gasteiger charge is -2.20. The van der Waals surface area contributed by atoms with Gasteiger partial charge in [-0.1, -0.05) is 68.8 Å². The zero-order valence-electron chi connectivity index (χ0n) is 14.7. The molecule has 0 N–H and O–H groups in total. The van der Waals surface area contributed by atoms with Gasteiger partial charge in [0.15, 0.2) is 0 Å². The third-order valence-corrected chi connectivity index (χ3v) is 5.53. The lowest BCUT2D eigenvalue weighted by atomic mass is 9.84. The lowest BCUT2D eigenvalue weighted by molar-refractivity contribution is 0.589. The molecule has 1 unspecified atom stereocenters. The summed E-state index contributed by atoms with van der Waals surface area (Å²) in [6.45, 7) is 9.09. The Balaban J connectivity index is 1.70. The molecule has 2 aliphatic rings. The Bertz CT molecular complexity index is 782. The lowest BCUT2D eigenvalue weighted by Crippen LogP contribution is -2.11. The molecular weight excluding hydrogens is 276 g/mol. The molecule has 0 amide bonds. The average molecular weight is 302 g/mol. The minimum absolute atomic E-state index is 0.231. The van der Waals surface area contributed by atoms with Crippen LogP contribution in [-0.4, -0.2) is 0 Å². The third-order valence-electron chi connectivity index (χ3n) is 5.53. The van der Waals surface area contributed by atoms with Crippen molar-refractivity contribution in [3.63, 3.8) is 0 Å². The van der Waals surface area contributed by atoms with Crippen molar-refractivity contribution in [2.24, 2.45) is 0 Å². The van der Waals surface area contributed by atoms with Crippen LogP contribution in [0.2, 0.25) is 0 Å². The predicted molar refractivity (Wildman–Crippen MR) is 99.1 cm³/mol. The zero-order chi connectivity index (χ0) is 16.2. The molecule has 0 saturated heterocycles. The summed E-state index contributed by atoms with van der Waals surface area (Å²) in [6, 6.07) is 14.3. The number of hydrogen-bond acceptors (Lipinski definition) is 0. The van der Waals surface area contributed by atoms with E-state index in [0.29, 0.717) is 5.92 Å². The van der Waals surface area contributed by atoms with E-state index in [1.165, 1.54) is 40.7 Å². The van der Waals surface area contributed by atoms with Gasteiger partial charge in [0.05, 0.1) is 0 Å². The topological polar surface area (TPSA) is 0 Å². The van der Waals surface area contributed by atoms with Crippen LogP contribution in [0.1, 0.15) is 73.4 Å². The van der Waals surface area contributed by atoms with Crippen molar-refractivity contribution in [1.82, 2.24) is 0 Å². The van der Waals surface area contributed by atoms with Gasteiger partial charge in [0.1, 0.15) is 0 Å². The molecule has 0 saturated carbocycles. The summed E-state index contributed by atoms with van der Waals surface area (Å²) in [5.74, 6) is 0.582. The SMILES string of the molecule is CC1=Cc2cc3c(cc2C1)CCC3c1ccc(C(C)(C)C)cc1. The maximum absolute atomic E-state index is 2.47. The zero-order valence-corrected chi connectivity index (χ0v) is 14.7. The molecule has 0 radical (unpaired) electrons. The minimum Gasteiger partial charge on any atom is -0.0683 e. The first kappa shape index (κ1) is 14.8. The summed E-state index contributed by atoms with van der Waals surface area (Å²) < 4.78 is 0. The van der Waals surface area contributed by atoms with E-state index in [2.05, 4.69) is 70.2 Å². The average Bonchev–Trinajstić information content (AvgIpc) is 3.05. The predicted octanol–water partition coefficient (Wildman–Crippen LogP) is 6.02. The monoisotopic (exact) mass is 302 g/mol. The highest BCUT2D eigenvalue weighted by atomic mass is 14.3. The van der Waals surface area contributed by atoms with Crippen LogP contribution in [0.25, 0.3) is 6.08 Å². The van der Waals surface area contributed by atoms with E-state index in [1.807, 2.05) is 0 Å². The Morgan fingerprint density at radius 3 is 2.39 bits per heavy atom. The Morgan fingerprint density at radius 1 is 0.957 bits per heavy atom. The van der Waals surface area contributed by atoms with Gasteiger partial charge in [-0.2, -0.15) is 0 Å². The van der Waals surface area contributed by atoms with Crippen molar-refractivity contribution in [2.45, 2.75) is 58.3 Å². The van der Waals surface area contributed by atoms with Crippen molar-refractivity contribution < 1.29 is 0 Å². The van der Waals surface area contributed by atoms with Gasteiger partial charge in [-0.3, -0.25) is 0 Å². The molecule has 4 rings (SSSR count). The summed E-state index contributed by atoms with van der Waals surface area (Å²) in [5, 5.41) is 0. The Morgan fingerprint density at radius 2 is 1.70 bits per heavy atom. The second-order valence-electron chi connectivity index (χ2n) is 8.38. The van der Waals surface area contributed by atoms with Crippen molar-refractivity contribution in [2.75, 3.05) is 0 Å². The molecular formula is C23H26. The Kier molecular flexibility index (Phi) is 3.27. The van der Waals surface area contributed by atoms with Crippen molar-refractivity contribution in [3.05, 3.63) is 75.4 Å². The molecule has 0 aliphatic heterocycles. The second kappa shape index (κ2) is 5.09. The van der Waals surface area contributed by atoms with E-state index in [-0.39, 0.29) is 5.41 Å². The van der Waals surface area contributed by atoms with E-state index in [4.69, 9.17) is 0 Å². The summed E-state index contributed by atoms with van der Waals surface area (Å²) in [4.78, 5) is 0. The van der Waals surface area contributed by atoms with Crippen LogP contribution in [0.5, 0.6) is 0 Å². The van der Waals surface area contributed by atoms with Crippen molar-refractivity contribution >= 4 is 6.08 Å². The number of aryl methyl sites for hydroxylation is 1. The molecule has 0 nitrogen and oxygen atoms in total. The maximum atomic E-state index is 2.47. The Hall–Kier alpha value is -1.82. The van der Waals surface area contributed by atoms with Gasteiger partial charge >= 0.3 is 0 Å². The largest absolute Gasteiger partial charge is 0.0683 e. The highest BCUT2D eigenvalue weighted by Gasteiger charge is 2.26. The number of rotatable bonds is 1. The summed E-state index contributed by atoms with van der Waals surface area (Å²) in [7, 11) is 0. The highest BCUT2D eigenvalue weighted by molar-refractivity contribution is 5.66. The van der Waals surface area contributed by atoms with Gasteiger partial charge in [0.25, 0.3) is 0 Å². The molecule has 1 atom stereocenters. The number of hydrogen-bond donors (Lipinski definition) is 0. The molecule has 2 aromatic rings. The third kappa shape index (κ3) is 2.55. The number of fused-ring (bicyclic) bond motifs is 2. The van der Waals surface area contributed by atoms with Gasteiger partial charge < -0.3 is 0 Å². The molecule has 2 aliphatic carbocycles. The molecule has 2 aromatic carbocycles. The van der Waals surface area contributed by atoms with E-state index < -0.39 is 0 Å². The van der Waals surface area contributed by atoms with Gasteiger partial charge in [0, 0.05) is 5.92 Å². The summed E-state index contributed by atoms with van der Waals surface area (Å²) in [5.41, 5.74) is 10.8. The smallest absolute Gasteiger partial charge is 0.00954 e. The fraction of sp³-hybridized carbons (Fsp3) is 0.391. The van der Waals surface area contributed by atoms with E-state index in [0.717, 1.165) is 6.42 Å². The number of benzene rings is 2. The highest BCUT2D eigenvalue weighted by Crippen LogP contribution is 2.41. The summed E-state index contributed by atoms with van der Waals surface area (Å²) >= 11 is 0. The van der Waals surface area contributed by atoms with Crippen LogP contribution in [0, 0.1) is 0 Å². The first-order chi connectivity index (χ1) is 10.9. The van der Waals surface area contributed by atoms with Crippen LogP contribution in [-0.2, 0) is 18.3 Å². The molecule has 118 valence electrons. The minimum atomic E-state index is 0.231. The van der Waals surface area contributed by atoms with Crippen LogP contribution in [0.15, 0.2) is 42.0 Å². The molecule has 0 spiro atoms. The van der Waals surface area contributed by atoms with Crippen LogP contribution in [0.3, 0.4) is 0 Å². The molecule has 0 bridgehead atoms. The van der Waals surface area contributed by atoms with Crippen LogP contribution in [0.4, 0.5) is 0 Å². The van der Waals surface area contributed by atoms with Gasteiger partial charge in [-0.25, -0.2) is 0 Å². The summed E-state index contributed by atoms with van der Waals surface area (Å²) in [6.07, 6.45) is 6.00. The van der Waals surface area contributed by atoms with Gasteiger partial charge in [-0.05, 0) is 65.0 Å². The quantitative estimate of drug-likeness (QED) is 0.604. The fourth-order valence-electron chi connectivity index (χ4n) is 4.19. The molecule has 0 aromatic heterocycles. The molecule has 0 heterocycles.